The van der Waals surface area contributed by atoms with E-state index in [2.05, 4.69) is 0 Å². The van der Waals surface area contributed by atoms with E-state index in [1.165, 1.54) is 0 Å². The Morgan fingerprint density at radius 1 is 0.450 bits per heavy atom. The van der Waals surface area contributed by atoms with Gasteiger partial charge in [0.05, 0.1) is 28.4 Å². The summed E-state index contributed by atoms with van der Waals surface area (Å²) in [6.07, 6.45) is -2.37. The summed E-state index contributed by atoms with van der Waals surface area (Å²) in [6.45, 7) is 0. The highest BCUT2D eigenvalue weighted by Crippen LogP contribution is 2.24. The Hall–Kier alpha value is -4.66. The molecule has 40 heavy (non-hydrogen) atoms. The topological polar surface area (TPSA) is 112 Å². The highest BCUT2D eigenvalue weighted by molar-refractivity contribution is 6.00. The van der Waals surface area contributed by atoms with Crippen molar-refractivity contribution in [3.8, 4) is 23.0 Å². The van der Waals surface area contributed by atoms with Crippen LogP contribution in [0.2, 0.25) is 0 Å². The number of hydrogen-bond acceptors (Lipinski definition) is 8. The van der Waals surface area contributed by atoms with Gasteiger partial charge in [-0.05, 0) is 83.9 Å². The summed E-state index contributed by atoms with van der Waals surface area (Å²) >= 11 is 0. The molecule has 8 heteroatoms. The van der Waals surface area contributed by atoms with E-state index in [-0.39, 0.29) is 11.6 Å². The van der Waals surface area contributed by atoms with E-state index in [4.69, 9.17) is 18.9 Å². The van der Waals surface area contributed by atoms with Gasteiger partial charge in [-0.2, -0.15) is 0 Å². The van der Waals surface area contributed by atoms with Crippen molar-refractivity contribution in [2.24, 2.45) is 0 Å². The summed E-state index contributed by atoms with van der Waals surface area (Å²) in [5, 5.41) is 20.2. The summed E-state index contributed by atoms with van der Waals surface area (Å²) in [4.78, 5) is 24.4. The van der Waals surface area contributed by atoms with Crippen LogP contribution in [-0.4, -0.2) is 50.2 Å². The van der Waals surface area contributed by atoms with E-state index in [9.17, 15) is 19.8 Å². The number of methoxy groups -OCH3 is 4. The second-order valence-corrected chi connectivity index (χ2v) is 8.54. The summed E-state index contributed by atoms with van der Waals surface area (Å²) in [5.41, 5.74) is 1.95. The van der Waals surface area contributed by atoms with Gasteiger partial charge in [-0.1, -0.05) is 24.3 Å². The van der Waals surface area contributed by atoms with Gasteiger partial charge in [0.15, 0.2) is 11.6 Å². The zero-order chi connectivity index (χ0) is 29.1. The number of aliphatic hydroxyl groups excluding tert-OH is 2. The fourth-order valence-corrected chi connectivity index (χ4v) is 3.70. The molecule has 8 nitrogen and oxygen atoms in total. The number of carbonyl (C=O) groups is 2. The van der Waals surface area contributed by atoms with Crippen molar-refractivity contribution >= 4 is 11.6 Å². The van der Waals surface area contributed by atoms with Crippen LogP contribution >= 0.6 is 0 Å². The van der Waals surface area contributed by atoms with Crippen LogP contribution in [0.4, 0.5) is 0 Å². The summed E-state index contributed by atoms with van der Waals surface area (Å²) in [7, 11) is 6.24. The van der Waals surface area contributed by atoms with Crippen molar-refractivity contribution in [3.63, 3.8) is 0 Å². The summed E-state index contributed by atoms with van der Waals surface area (Å²) in [6, 6.07) is 26.8. The molecule has 2 N–H and O–H groups in total. The van der Waals surface area contributed by atoms with Gasteiger partial charge < -0.3 is 29.2 Å². The summed E-state index contributed by atoms with van der Waals surface area (Å²) < 4.78 is 20.1. The van der Waals surface area contributed by atoms with Crippen LogP contribution < -0.4 is 18.9 Å². The molecule has 0 radical (unpaired) electrons. The van der Waals surface area contributed by atoms with Gasteiger partial charge in [0.1, 0.15) is 35.2 Å². The Morgan fingerprint density at radius 3 is 0.900 bits per heavy atom. The number of Topliss-reactive ketones (excluding diaryl/α,β-unsaturated/α-hetero) is 2. The van der Waals surface area contributed by atoms with Gasteiger partial charge in [-0.25, -0.2) is 0 Å². The van der Waals surface area contributed by atoms with E-state index in [0.29, 0.717) is 45.3 Å². The molecule has 0 heterocycles. The molecule has 0 saturated carbocycles. The van der Waals surface area contributed by atoms with Gasteiger partial charge in [0.25, 0.3) is 0 Å². The largest absolute Gasteiger partial charge is 0.497 e. The lowest BCUT2D eigenvalue weighted by molar-refractivity contribution is 0.0743. The van der Waals surface area contributed by atoms with Crippen LogP contribution in [0, 0.1) is 0 Å². The van der Waals surface area contributed by atoms with Crippen LogP contribution in [-0.2, 0) is 0 Å². The number of carbonyl (C=O) groups excluding carboxylic acids is 2. The lowest BCUT2D eigenvalue weighted by Crippen LogP contribution is -2.12. The first-order chi connectivity index (χ1) is 19.3. The van der Waals surface area contributed by atoms with Crippen LogP contribution in [0.5, 0.6) is 23.0 Å². The van der Waals surface area contributed by atoms with E-state index >= 15 is 0 Å². The van der Waals surface area contributed by atoms with E-state index in [1.807, 2.05) is 0 Å². The summed E-state index contributed by atoms with van der Waals surface area (Å²) in [5.74, 6) is 1.99. The third-order valence-electron chi connectivity index (χ3n) is 6.11. The second-order valence-electron chi connectivity index (χ2n) is 8.54. The number of hydrogen-bond donors (Lipinski definition) is 2. The maximum atomic E-state index is 12.2. The van der Waals surface area contributed by atoms with Crippen molar-refractivity contribution in [1.29, 1.82) is 0 Å². The van der Waals surface area contributed by atoms with Gasteiger partial charge in [0, 0.05) is 11.1 Å². The Balaban J connectivity index is 0.000000220. The minimum atomic E-state index is -1.19. The maximum Gasteiger partial charge on any atom is 0.195 e. The molecule has 0 saturated heterocycles. The fraction of sp³-hybridized carbons (Fsp3) is 0.188. The number of ether oxygens (including phenoxy) is 4. The predicted octanol–water partition coefficient (Wildman–Crippen LogP) is 5.24. The van der Waals surface area contributed by atoms with Gasteiger partial charge in [0.2, 0.25) is 0 Å². The molecule has 2 unspecified atom stereocenters. The molecule has 0 spiro atoms. The van der Waals surface area contributed by atoms with Crippen molar-refractivity contribution < 1.29 is 38.7 Å². The molecule has 4 aromatic rings. The zero-order valence-electron chi connectivity index (χ0n) is 22.7. The molecule has 0 aliphatic carbocycles. The maximum absolute atomic E-state index is 12.2. The molecule has 0 aliphatic heterocycles. The first-order valence-electron chi connectivity index (χ1n) is 12.3. The van der Waals surface area contributed by atoms with Crippen molar-refractivity contribution in [1.82, 2.24) is 0 Å². The molecule has 0 aliphatic rings. The number of aliphatic hydroxyl groups is 2. The van der Waals surface area contributed by atoms with E-state index in [0.717, 1.165) is 0 Å². The normalized spacial score (nSPS) is 11.8. The Morgan fingerprint density at radius 2 is 0.675 bits per heavy atom. The van der Waals surface area contributed by atoms with E-state index < -0.39 is 12.2 Å². The first kappa shape index (κ1) is 29.9. The number of ketones is 2. The Labute approximate surface area is 233 Å². The molecule has 208 valence electrons. The number of rotatable bonds is 10. The molecule has 0 bridgehead atoms. The molecular weight excluding hydrogens is 512 g/mol. The second kappa shape index (κ2) is 14.5. The standard InChI is InChI=1S/2C16H16O4/c2*1-19-13-7-3-11(4-8-13)15(17)16(18)12-5-9-14(20-2)10-6-12/h2*3-10,15,17H,1-2H3. The van der Waals surface area contributed by atoms with Crippen LogP contribution in [0.3, 0.4) is 0 Å². The lowest BCUT2D eigenvalue weighted by Gasteiger charge is -2.11. The molecular formula is C32H32O8. The Bertz CT molecular complexity index is 1250. The van der Waals surface area contributed by atoms with Crippen LogP contribution in [0.1, 0.15) is 44.1 Å². The zero-order valence-corrected chi connectivity index (χ0v) is 22.7. The van der Waals surface area contributed by atoms with Crippen LogP contribution in [0.25, 0.3) is 0 Å². The minimum absolute atomic E-state index is 0.349. The smallest absolute Gasteiger partial charge is 0.195 e. The van der Waals surface area contributed by atoms with E-state index in [1.54, 1.807) is 126 Å². The average Bonchev–Trinajstić information content (AvgIpc) is 3.03. The fourth-order valence-electron chi connectivity index (χ4n) is 3.70. The van der Waals surface area contributed by atoms with Gasteiger partial charge in [-0.3, -0.25) is 9.59 Å². The van der Waals surface area contributed by atoms with Crippen molar-refractivity contribution in [2.75, 3.05) is 28.4 Å². The molecule has 0 fully saturated rings. The third-order valence-corrected chi connectivity index (χ3v) is 6.11. The predicted molar refractivity (Wildman–Crippen MR) is 151 cm³/mol. The van der Waals surface area contributed by atoms with Crippen LogP contribution in [0.15, 0.2) is 97.1 Å². The monoisotopic (exact) mass is 544 g/mol. The number of benzene rings is 4. The molecule has 0 amide bonds. The average molecular weight is 545 g/mol. The first-order valence-corrected chi connectivity index (χ1v) is 12.3. The molecule has 4 rings (SSSR count). The SMILES string of the molecule is COc1ccc(C(=O)C(O)c2ccc(OC)cc2)cc1.COc1ccc(C(=O)C(O)c2ccc(OC)cc2)cc1. The highest BCUT2D eigenvalue weighted by atomic mass is 16.5. The minimum Gasteiger partial charge on any atom is -0.497 e. The quantitative estimate of drug-likeness (QED) is 0.261. The third kappa shape index (κ3) is 7.69. The molecule has 4 aromatic carbocycles. The van der Waals surface area contributed by atoms with Crippen molar-refractivity contribution in [2.45, 2.75) is 12.2 Å². The van der Waals surface area contributed by atoms with Gasteiger partial charge >= 0.3 is 0 Å². The van der Waals surface area contributed by atoms with Gasteiger partial charge in [-0.15, -0.1) is 0 Å². The highest BCUT2D eigenvalue weighted by Gasteiger charge is 2.20. The molecule has 0 aromatic heterocycles. The Kier molecular flexibility index (Phi) is 10.8. The van der Waals surface area contributed by atoms with Crippen molar-refractivity contribution in [3.05, 3.63) is 119 Å². The molecule has 2 atom stereocenters. The lowest BCUT2D eigenvalue weighted by atomic mass is 10.00.